The lowest BCUT2D eigenvalue weighted by Gasteiger charge is -2.12. The maximum absolute atomic E-state index is 14.5. The number of halogens is 3. The molecule has 0 amide bonds. The van der Waals surface area contributed by atoms with E-state index in [2.05, 4.69) is 37.8 Å². The third kappa shape index (κ3) is 2.27. The Bertz CT molecular complexity index is 839. The van der Waals surface area contributed by atoms with Crippen molar-refractivity contribution in [2.45, 2.75) is 0 Å². The molecule has 2 heterocycles. The van der Waals surface area contributed by atoms with Crippen molar-refractivity contribution >= 4 is 33.5 Å². The molecule has 2 aromatic heterocycles. The molecule has 0 aliphatic rings. The highest BCUT2D eigenvalue weighted by atomic mass is 127. The summed E-state index contributed by atoms with van der Waals surface area (Å²) < 4.78 is 39.6. The monoisotopic (exact) mass is 417 g/mol. The van der Waals surface area contributed by atoms with Gasteiger partial charge in [-0.3, -0.25) is 10.1 Å². The van der Waals surface area contributed by atoms with E-state index in [0.29, 0.717) is 5.52 Å². The molecule has 0 saturated carbocycles. The predicted octanol–water partition coefficient (Wildman–Crippen LogP) is 3.52. The lowest BCUT2D eigenvalue weighted by molar-refractivity contribution is 0.359. The van der Waals surface area contributed by atoms with E-state index < -0.39 is 11.6 Å². The third-order valence-corrected chi connectivity index (χ3v) is 4.05. The van der Waals surface area contributed by atoms with Crippen LogP contribution in [0.4, 0.5) is 8.78 Å². The highest BCUT2D eigenvalue weighted by Crippen LogP contribution is 2.37. The zero-order valence-corrected chi connectivity index (χ0v) is 13.7. The fourth-order valence-electron chi connectivity index (χ4n) is 2.12. The molecule has 0 aliphatic carbocycles. The molecule has 0 atom stereocenters. The Labute approximate surface area is 137 Å². The van der Waals surface area contributed by atoms with Gasteiger partial charge >= 0.3 is 0 Å². The lowest BCUT2D eigenvalue weighted by atomic mass is 10.1. The number of hydrogen-bond acceptors (Lipinski definition) is 4. The minimum Gasteiger partial charge on any atom is -0.494 e. The fraction of sp³-hybridized carbons (Fsp3) is 0.143. The number of nitrogens with zero attached hydrogens (tertiary/aromatic N) is 2. The molecule has 0 fully saturated rings. The Hall–Kier alpha value is -1.97. The number of rotatable bonds is 3. The smallest absolute Gasteiger partial charge is 0.177 e. The molecular formula is C14H10F2IN3O2. The summed E-state index contributed by atoms with van der Waals surface area (Å²) in [6, 6.07) is 2.67. The number of benzene rings is 1. The summed E-state index contributed by atoms with van der Waals surface area (Å²) in [5.74, 6) is -1.91. The number of methoxy groups -OCH3 is 2. The van der Waals surface area contributed by atoms with Gasteiger partial charge in [0.2, 0.25) is 0 Å². The first-order valence-electron chi connectivity index (χ1n) is 6.16. The van der Waals surface area contributed by atoms with Gasteiger partial charge in [0.1, 0.15) is 3.70 Å². The molecule has 3 rings (SSSR count). The first kappa shape index (κ1) is 14.9. The summed E-state index contributed by atoms with van der Waals surface area (Å²) in [5.41, 5.74) is 0.369. The van der Waals surface area contributed by atoms with Crippen molar-refractivity contribution in [1.82, 2.24) is 15.2 Å². The van der Waals surface area contributed by atoms with Gasteiger partial charge in [0.15, 0.2) is 23.1 Å². The predicted molar refractivity (Wildman–Crippen MR) is 85.1 cm³/mol. The fourth-order valence-corrected chi connectivity index (χ4v) is 2.66. The van der Waals surface area contributed by atoms with Crippen LogP contribution in [0.5, 0.6) is 11.5 Å². The van der Waals surface area contributed by atoms with E-state index in [0.717, 1.165) is 15.2 Å². The molecular weight excluding hydrogens is 407 g/mol. The Morgan fingerprint density at radius 1 is 1.09 bits per heavy atom. The number of ether oxygens (including phenoxy) is 2. The minimum absolute atomic E-state index is 0.114. The van der Waals surface area contributed by atoms with Crippen LogP contribution in [0.1, 0.15) is 0 Å². The Morgan fingerprint density at radius 2 is 1.73 bits per heavy atom. The molecule has 0 bridgehead atoms. The Balaban J connectivity index is 2.28. The van der Waals surface area contributed by atoms with Crippen molar-refractivity contribution in [2.24, 2.45) is 0 Å². The Kier molecular flexibility index (Phi) is 3.85. The summed E-state index contributed by atoms with van der Waals surface area (Å²) >= 11 is 2.07. The number of H-pyrrole nitrogens is 1. The quantitative estimate of drug-likeness (QED) is 0.663. The SMILES string of the molecule is COc1cc(OC)c(F)c(-c2cc3n[nH]c(I)c3cn2)c1F. The van der Waals surface area contributed by atoms with Gasteiger partial charge in [-0.15, -0.1) is 0 Å². The van der Waals surface area contributed by atoms with Crippen LogP contribution >= 0.6 is 22.6 Å². The van der Waals surface area contributed by atoms with Gasteiger partial charge in [0, 0.05) is 12.3 Å². The number of pyridine rings is 1. The molecule has 1 aromatic carbocycles. The molecule has 0 spiro atoms. The largest absolute Gasteiger partial charge is 0.494 e. The number of nitrogens with one attached hydrogen (secondary N) is 1. The van der Waals surface area contributed by atoms with Crippen molar-refractivity contribution in [1.29, 1.82) is 0 Å². The summed E-state index contributed by atoms with van der Waals surface area (Å²) in [7, 11) is 2.60. The van der Waals surface area contributed by atoms with Crippen molar-refractivity contribution in [3.05, 3.63) is 33.7 Å². The zero-order valence-electron chi connectivity index (χ0n) is 11.6. The average Bonchev–Trinajstić information content (AvgIpc) is 2.89. The first-order chi connectivity index (χ1) is 10.6. The topological polar surface area (TPSA) is 60.0 Å². The minimum atomic E-state index is -0.835. The molecule has 3 aromatic rings. The first-order valence-corrected chi connectivity index (χ1v) is 7.24. The van der Waals surface area contributed by atoms with E-state index in [1.807, 2.05) is 0 Å². The van der Waals surface area contributed by atoms with Crippen LogP contribution in [-0.2, 0) is 0 Å². The van der Waals surface area contributed by atoms with E-state index in [1.165, 1.54) is 26.5 Å². The highest BCUT2D eigenvalue weighted by molar-refractivity contribution is 14.1. The summed E-state index contributed by atoms with van der Waals surface area (Å²) in [4.78, 5) is 4.13. The summed E-state index contributed by atoms with van der Waals surface area (Å²) in [5, 5.41) is 7.64. The molecule has 8 heteroatoms. The van der Waals surface area contributed by atoms with E-state index in [1.54, 1.807) is 0 Å². The van der Waals surface area contributed by atoms with Crippen molar-refractivity contribution in [2.75, 3.05) is 14.2 Å². The van der Waals surface area contributed by atoms with Crippen molar-refractivity contribution < 1.29 is 18.3 Å². The maximum atomic E-state index is 14.5. The zero-order chi connectivity index (χ0) is 15.9. The molecule has 0 saturated heterocycles. The van der Waals surface area contributed by atoms with Gasteiger partial charge in [0.25, 0.3) is 0 Å². The van der Waals surface area contributed by atoms with Gasteiger partial charge in [-0.1, -0.05) is 0 Å². The normalized spacial score (nSPS) is 11.0. The second kappa shape index (κ2) is 5.67. The average molecular weight is 417 g/mol. The maximum Gasteiger partial charge on any atom is 0.177 e. The van der Waals surface area contributed by atoms with Crippen LogP contribution in [0.3, 0.4) is 0 Å². The van der Waals surface area contributed by atoms with Crippen molar-refractivity contribution in [3.63, 3.8) is 0 Å². The van der Waals surface area contributed by atoms with Crippen LogP contribution in [-0.4, -0.2) is 29.4 Å². The van der Waals surface area contributed by atoms with Gasteiger partial charge in [-0.25, -0.2) is 8.78 Å². The number of fused-ring (bicyclic) bond motifs is 1. The summed E-state index contributed by atoms with van der Waals surface area (Å²) in [6.45, 7) is 0. The number of aromatic amines is 1. The van der Waals surface area contributed by atoms with Gasteiger partial charge in [0.05, 0.1) is 36.4 Å². The van der Waals surface area contributed by atoms with Gasteiger partial charge in [-0.05, 0) is 28.7 Å². The molecule has 114 valence electrons. The molecule has 0 aliphatic heterocycles. The van der Waals surface area contributed by atoms with E-state index >= 15 is 0 Å². The molecule has 22 heavy (non-hydrogen) atoms. The van der Waals surface area contributed by atoms with Crippen LogP contribution in [0.2, 0.25) is 0 Å². The van der Waals surface area contributed by atoms with Crippen LogP contribution in [0.15, 0.2) is 18.3 Å². The second-order valence-corrected chi connectivity index (χ2v) is 5.49. The van der Waals surface area contributed by atoms with Crippen LogP contribution < -0.4 is 9.47 Å². The van der Waals surface area contributed by atoms with Crippen molar-refractivity contribution in [3.8, 4) is 22.8 Å². The van der Waals surface area contributed by atoms with Gasteiger partial charge < -0.3 is 9.47 Å². The number of aromatic nitrogens is 3. The van der Waals surface area contributed by atoms with E-state index in [-0.39, 0.29) is 22.8 Å². The standard InChI is InChI=1S/C14H10F2IN3O2/c1-21-9-4-10(22-2)13(16)11(12(9)15)8-3-7-6(5-18-8)14(17)20-19-7/h3-5H,1-2H3,(H,19,20). The third-order valence-electron chi connectivity index (χ3n) is 3.22. The molecule has 0 radical (unpaired) electrons. The van der Waals surface area contributed by atoms with E-state index in [4.69, 9.17) is 9.47 Å². The Morgan fingerprint density at radius 3 is 2.32 bits per heavy atom. The molecule has 5 nitrogen and oxygen atoms in total. The van der Waals surface area contributed by atoms with Crippen LogP contribution in [0, 0.1) is 15.3 Å². The van der Waals surface area contributed by atoms with Gasteiger partial charge in [-0.2, -0.15) is 5.10 Å². The summed E-state index contributed by atoms with van der Waals surface area (Å²) in [6.07, 6.45) is 1.51. The van der Waals surface area contributed by atoms with Crippen LogP contribution in [0.25, 0.3) is 22.2 Å². The second-order valence-electron chi connectivity index (χ2n) is 4.41. The highest BCUT2D eigenvalue weighted by Gasteiger charge is 2.23. The molecule has 1 N–H and O–H groups in total. The van der Waals surface area contributed by atoms with E-state index in [9.17, 15) is 8.78 Å². The number of hydrogen-bond donors (Lipinski definition) is 1. The lowest BCUT2D eigenvalue weighted by Crippen LogP contribution is -2.00. The molecule has 0 unspecified atom stereocenters.